The van der Waals surface area contributed by atoms with Gasteiger partial charge in [-0.05, 0) is 49.4 Å². The Morgan fingerprint density at radius 2 is 2.00 bits per heavy atom. The van der Waals surface area contributed by atoms with Crippen molar-refractivity contribution in [3.05, 3.63) is 36.4 Å². The van der Waals surface area contributed by atoms with Crippen molar-refractivity contribution in [3.8, 4) is 17.0 Å². The molecule has 0 saturated carbocycles. The van der Waals surface area contributed by atoms with Crippen LogP contribution in [-0.2, 0) is 0 Å². The molecular weight excluding hydrogens is 252 g/mol. The summed E-state index contributed by atoms with van der Waals surface area (Å²) in [4.78, 5) is 0. The molecule has 2 heterocycles. The SMILES string of the molecule is COc1ccc(-c2ccc(NC3CCNC3)nn2)cc1. The summed E-state index contributed by atoms with van der Waals surface area (Å²) in [7, 11) is 1.66. The second kappa shape index (κ2) is 5.88. The summed E-state index contributed by atoms with van der Waals surface area (Å²) >= 11 is 0. The van der Waals surface area contributed by atoms with E-state index in [0.29, 0.717) is 6.04 Å². The van der Waals surface area contributed by atoms with Gasteiger partial charge >= 0.3 is 0 Å². The molecule has 104 valence electrons. The number of hydrogen-bond donors (Lipinski definition) is 2. The van der Waals surface area contributed by atoms with Gasteiger partial charge in [-0.2, -0.15) is 0 Å². The maximum absolute atomic E-state index is 5.15. The first kappa shape index (κ1) is 12.9. The van der Waals surface area contributed by atoms with Crippen LogP contribution in [0, 0.1) is 0 Å². The number of nitrogens with one attached hydrogen (secondary N) is 2. The topological polar surface area (TPSA) is 59.1 Å². The minimum atomic E-state index is 0.455. The van der Waals surface area contributed by atoms with Gasteiger partial charge in [0.1, 0.15) is 11.6 Å². The molecule has 1 aromatic heterocycles. The number of aromatic nitrogens is 2. The molecular formula is C15H18N4O. The molecule has 3 rings (SSSR count). The molecule has 1 aromatic carbocycles. The second-order valence-electron chi connectivity index (χ2n) is 4.87. The number of rotatable bonds is 4. The average molecular weight is 270 g/mol. The number of benzene rings is 1. The fraction of sp³-hybridized carbons (Fsp3) is 0.333. The van der Waals surface area contributed by atoms with Gasteiger partial charge in [-0.3, -0.25) is 0 Å². The Labute approximate surface area is 118 Å². The molecule has 1 fully saturated rings. The van der Waals surface area contributed by atoms with Crippen molar-refractivity contribution in [2.45, 2.75) is 12.5 Å². The van der Waals surface area contributed by atoms with Crippen molar-refractivity contribution < 1.29 is 4.74 Å². The van der Waals surface area contributed by atoms with E-state index in [4.69, 9.17) is 4.74 Å². The zero-order valence-corrected chi connectivity index (χ0v) is 11.5. The lowest BCUT2D eigenvalue weighted by molar-refractivity contribution is 0.415. The van der Waals surface area contributed by atoms with Crippen molar-refractivity contribution >= 4 is 5.82 Å². The lowest BCUT2D eigenvalue weighted by Crippen LogP contribution is -2.22. The van der Waals surface area contributed by atoms with E-state index in [1.165, 1.54) is 0 Å². The first-order valence-corrected chi connectivity index (χ1v) is 6.80. The van der Waals surface area contributed by atoms with Crippen LogP contribution >= 0.6 is 0 Å². The number of hydrogen-bond acceptors (Lipinski definition) is 5. The molecule has 0 radical (unpaired) electrons. The fourth-order valence-electron chi connectivity index (χ4n) is 2.31. The van der Waals surface area contributed by atoms with Crippen molar-refractivity contribution in [1.29, 1.82) is 0 Å². The Hall–Kier alpha value is -2.14. The van der Waals surface area contributed by atoms with Gasteiger partial charge in [0.25, 0.3) is 0 Å². The van der Waals surface area contributed by atoms with E-state index < -0.39 is 0 Å². The molecule has 1 aliphatic heterocycles. The van der Waals surface area contributed by atoms with Gasteiger partial charge in [0.2, 0.25) is 0 Å². The summed E-state index contributed by atoms with van der Waals surface area (Å²) in [5, 5.41) is 15.2. The van der Waals surface area contributed by atoms with Crippen LogP contribution in [0.5, 0.6) is 5.75 Å². The molecule has 5 nitrogen and oxygen atoms in total. The Kier molecular flexibility index (Phi) is 3.78. The van der Waals surface area contributed by atoms with Crippen LogP contribution in [-0.4, -0.2) is 36.4 Å². The van der Waals surface area contributed by atoms with E-state index in [0.717, 1.165) is 42.3 Å². The van der Waals surface area contributed by atoms with Crippen LogP contribution in [0.15, 0.2) is 36.4 Å². The number of methoxy groups -OCH3 is 1. The van der Waals surface area contributed by atoms with Crippen LogP contribution in [0.3, 0.4) is 0 Å². The Bertz CT molecular complexity index is 547. The van der Waals surface area contributed by atoms with Crippen LogP contribution < -0.4 is 15.4 Å². The van der Waals surface area contributed by atoms with Crippen molar-refractivity contribution in [2.75, 3.05) is 25.5 Å². The standard InChI is InChI=1S/C15H18N4O/c1-20-13-4-2-11(3-5-13)14-6-7-15(19-18-14)17-12-8-9-16-10-12/h2-7,12,16H,8-10H2,1H3,(H,17,19). The summed E-state index contributed by atoms with van der Waals surface area (Å²) in [6, 6.07) is 12.2. The van der Waals surface area contributed by atoms with Crippen molar-refractivity contribution in [2.24, 2.45) is 0 Å². The van der Waals surface area contributed by atoms with Crippen molar-refractivity contribution in [3.63, 3.8) is 0 Å². The number of ether oxygens (including phenoxy) is 1. The van der Waals surface area contributed by atoms with E-state index in [1.807, 2.05) is 36.4 Å². The third-order valence-corrected chi connectivity index (χ3v) is 3.46. The Morgan fingerprint density at radius 1 is 1.15 bits per heavy atom. The largest absolute Gasteiger partial charge is 0.497 e. The normalized spacial score (nSPS) is 17.9. The fourth-order valence-corrected chi connectivity index (χ4v) is 2.31. The van der Waals surface area contributed by atoms with Gasteiger partial charge in [-0.25, -0.2) is 0 Å². The van der Waals surface area contributed by atoms with Gasteiger partial charge in [0.15, 0.2) is 0 Å². The molecule has 0 spiro atoms. The quantitative estimate of drug-likeness (QED) is 0.889. The summed E-state index contributed by atoms with van der Waals surface area (Å²) in [6.07, 6.45) is 1.13. The van der Waals surface area contributed by atoms with Gasteiger partial charge in [0, 0.05) is 18.2 Å². The zero-order chi connectivity index (χ0) is 13.8. The highest BCUT2D eigenvalue weighted by atomic mass is 16.5. The maximum atomic E-state index is 5.15. The molecule has 0 aliphatic carbocycles. The molecule has 1 unspecified atom stereocenters. The molecule has 1 saturated heterocycles. The molecule has 5 heteroatoms. The molecule has 1 atom stereocenters. The molecule has 1 aliphatic rings. The third-order valence-electron chi connectivity index (χ3n) is 3.46. The first-order chi connectivity index (χ1) is 9.85. The Balaban J connectivity index is 1.71. The lowest BCUT2D eigenvalue weighted by atomic mass is 10.1. The molecule has 0 amide bonds. The Morgan fingerprint density at radius 3 is 2.60 bits per heavy atom. The molecule has 2 N–H and O–H groups in total. The molecule has 20 heavy (non-hydrogen) atoms. The average Bonchev–Trinajstić information content (AvgIpc) is 3.01. The molecule has 0 bridgehead atoms. The van der Waals surface area contributed by atoms with Crippen molar-refractivity contribution in [1.82, 2.24) is 15.5 Å². The predicted molar refractivity (Wildman–Crippen MR) is 78.9 cm³/mol. The second-order valence-corrected chi connectivity index (χ2v) is 4.87. The maximum Gasteiger partial charge on any atom is 0.148 e. The van der Waals surface area contributed by atoms with E-state index >= 15 is 0 Å². The third kappa shape index (κ3) is 2.88. The van der Waals surface area contributed by atoms with E-state index in [1.54, 1.807) is 7.11 Å². The number of anilines is 1. The first-order valence-electron chi connectivity index (χ1n) is 6.80. The van der Waals surface area contributed by atoms with Gasteiger partial charge < -0.3 is 15.4 Å². The zero-order valence-electron chi connectivity index (χ0n) is 11.5. The molecule has 2 aromatic rings. The lowest BCUT2D eigenvalue weighted by Gasteiger charge is -2.11. The summed E-state index contributed by atoms with van der Waals surface area (Å²) in [6.45, 7) is 2.05. The minimum Gasteiger partial charge on any atom is -0.497 e. The van der Waals surface area contributed by atoms with Gasteiger partial charge in [0.05, 0.1) is 12.8 Å². The highest BCUT2D eigenvalue weighted by molar-refractivity contribution is 5.60. The van der Waals surface area contributed by atoms with E-state index in [9.17, 15) is 0 Å². The van der Waals surface area contributed by atoms with E-state index in [-0.39, 0.29) is 0 Å². The highest BCUT2D eigenvalue weighted by Crippen LogP contribution is 2.20. The van der Waals surface area contributed by atoms with E-state index in [2.05, 4.69) is 20.8 Å². The monoisotopic (exact) mass is 270 g/mol. The highest BCUT2D eigenvalue weighted by Gasteiger charge is 2.14. The summed E-state index contributed by atoms with van der Waals surface area (Å²) in [5.74, 6) is 1.67. The predicted octanol–water partition coefficient (Wildman–Crippen LogP) is 1.93. The van der Waals surface area contributed by atoms with Crippen LogP contribution in [0.4, 0.5) is 5.82 Å². The van der Waals surface area contributed by atoms with Gasteiger partial charge in [-0.1, -0.05) is 0 Å². The number of nitrogens with zero attached hydrogens (tertiary/aromatic N) is 2. The van der Waals surface area contributed by atoms with Crippen LogP contribution in [0.2, 0.25) is 0 Å². The van der Waals surface area contributed by atoms with Gasteiger partial charge in [-0.15, -0.1) is 10.2 Å². The van der Waals surface area contributed by atoms with Crippen LogP contribution in [0.1, 0.15) is 6.42 Å². The minimum absolute atomic E-state index is 0.455. The summed E-state index contributed by atoms with van der Waals surface area (Å²) < 4.78 is 5.15. The smallest absolute Gasteiger partial charge is 0.148 e. The summed E-state index contributed by atoms with van der Waals surface area (Å²) in [5.41, 5.74) is 1.90. The van der Waals surface area contributed by atoms with Crippen LogP contribution in [0.25, 0.3) is 11.3 Å².